The van der Waals surface area contributed by atoms with Crippen molar-refractivity contribution in [3.63, 3.8) is 0 Å². The maximum Gasteiger partial charge on any atom is 0.312 e. The van der Waals surface area contributed by atoms with E-state index in [0.717, 1.165) is 0 Å². The molecular weight excluding hydrogens is 184 g/mol. The Balaban J connectivity index is 2.42. The minimum Gasteiger partial charge on any atom is -0.481 e. The summed E-state index contributed by atoms with van der Waals surface area (Å²) in [5.74, 6) is -1.49. The molecule has 1 saturated heterocycles. The standard InChI is InChI=1S/C10H14O4/c1-9-4-3-6(7(11)12)10(9,2)5-14-8(9)13/h6H,3-5H2,1-2H3,(H,11,12)/t6-,9-,10-/m1/s1. The maximum absolute atomic E-state index is 11.5. The predicted molar refractivity (Wildman–Crippen MR) is 47.5 cm³/mol. The van der Waals surface area contributed by atoms with Crippen molar-refractivity contribution in [1.82, 2.24) is 0 Å². The summed E-state index contributed by atoms with van der Waals surface area (Å²) in [5, 5.41) is 9.06. The molecule has 4 heteroatoms. The Kier molecular flexibility index (Phi) is 1.69. The molecule has 1 saturated carbocycles. The molecule has 1 heterocycles. The van der Waals surface area contributed by atoms with Crippen LogP contribution in [0, 0.1) is 16.7 Å². The van der Waals surface area contributed by atoms with Gasteiger partial charge in [-0.25, -0.2) is 0 Å². The Morgan fingerprint density at radius 3 is 2.79 bits per heavy atom. The second-order valence-electron chi connectivity index (χ2n) is 4.76. The molecule has 0 unspecified atom stereocenters. The van der Waals surface area contributed by atoms with Gasteiger partial charge in [-0.1, -0.05) is 6.92 Å². The smallest absolute Gasteiger partial charge is 0.312 e. The first-order chi connectivity index (χ1) is 6.42. The number of rotatable bonds is 1. The van der Waals surface area contributed by atoms with Gasteiger partial charge in [0.15, 0.2) is 0 Å². The highest BCUT2D eigenvalue weighted by Gasteiger charge is 2.65. The summed E-state index contributed by atoms with van der Waals surface area (Å²) in [6.45, 7) is 3.92. The Labute approximate surface area is 82.2 Å². The first-order valence-corrected chi connectivity index (χ1v) is 4.82. The van der Waals surface area contributed by atoms with Gasteiger partial charge in [-0.05, 0) is 19.8 Å². The minimum atomic E-state index is -0.811. The third-order valence-electron chi connectivity index (χ3n) is 4.21. The van der Waals surface area contributed by atoms with Crippen LogP contribution in [0.25, 0.3) is 0 Å². The van der Waals surface area contributed by atoms with E-state index in [1.807, 2.05) is 13.8 Å². The van der Waals surface area contributed by atoms with Gasteiger partial charge in [0.25, 0.3) is 0 Å². The van der Waals surface area contributed by atoms with E-state index in [2.05, 4.69) is 0 Å². The number of esters is 1. The van der Waals surface area contributed by atoms with Crippen molar-refractivity contribution in [3.05, 3.63) is 0 Å². The number of carbonyl (C=O) groups excluding carboxylic acids is 1. The van der Waals surface area contributed by atoms with E-state index in [4.69, 9.17) is 9.84 Å². The molecular formula is C10H14O4. The molecule has 2 rings (SSSR count). The fourth-order valence-corrected chi connectivity index (χ4v) is 2.79. The van der Waals surface area contributed by atoms with Crippen LogP contribution < -0.4 is 0 Å². The van der Waals surface area contributed by atoms with E-state index < -0.39 is 22.7 Å². The lowest BCUT2D eigenvalue weighted by atomic mass is 9.66. The van der Waals surface area contributed by atoms with Gasteiger partial charge in [0, 0.05) is 5.41 Å². The number of cyclic esters (lactones) is 1. The number of carbonyl (C=O) groups is 2. The molecule has 78 valence electrons. The normalized spacial score (nSPS) is 46.1. The van der Waals surface area contributed by atoms with Gasteiger partial charge in [0.2, 0.25) is 0 Å². The molecule has 0 amide bonds. The molecule has 1 aliphatic heterocycles. The number of hydrogen-bond donors (Lipinski definition) is 1. The molecule has 0 radical (unpaired) electrons. The lowest BCUT2D eigenvalue weighted by Crippen LogP contribution is -2.40. The van der Waals surface area contributed by atoms with Gasteiger partial charge < -0.3 is 9.84 Å². The second-order valence-corrected chi connectivity index (χ2v) is 4.76. The summed E-state index contributed by atoms with van der Waals surface area (Å²) in [6.07, 6.45) is 1.21. The number of hydrogen-bond acceptors (Lipinski definition) is 3. The molecule has 1 N–H and O–H groups in total. The number of fused-ring (bicyclic) bond motifs is 1. The van der Waals surface area contributed by atoms with Crippen molar-refractivity contribution in [2.75, 3.05) is 6.61 Å². The number of ether oxygens (including phenoxy) is 1. The van der Waals surface area contributed by atoms with E-state index in [1.54, 1.807) is 0 Å². The zero-order chi connectivity index (χ0) is 10.6. The highest BCUT2D eigenvalue weighted by atomic mass is 16.5. The van der Waals surface area contributed by atoms with Crippen molar-refractivity contribution in [3.8, 4) is 0 Å². The van der Waals surface area contributed by atoms with Crippen LogP contribution in [0.5, 0.6) is 0 Å². The van der Waals surface area contributed by atoms with Crippen molar-refractivity contribution < 1.29 is 19.4 Å². The summed E-state index contributed by atoms with van der Waals surface area (Å²) in [6, 6.07) is 0. The van der Waals surface area contributed by atoms with E-state index in [1.165, 1.54) is 0 Å². The highest BCUT2D eigenvalue weighted by molar-refractivity contribution is 5.83. The van der Waals surface area contributed by atoms with Crippen LogP contribution in [0.3, 0.4) is 0 Å². The fraction of sp³-hybridized carbons (Fsp3) is 0.800. The first kappa shape index (κ1) is 9.49. The zero-order valence-electron chi connectivity index (χ0n) is 8.37. The lowest BCUT2D eigenvalue weighted by molar-refractivity contribution is -0.146. The van der Waals surface area contributed by atoms with Crippen LogP contribution in [0.15, 0.2) is 0 Å². The topological polar surface area (TPSA) is 63.6 Å². The largest absolute Gasteiger partial charge is 0.481 e. The summed E-state index contributed by atoms with van der Waals surface area (Å²) in [4.78, 5) is 22.6. The van der Waals surface area contributed by atoms with E-state index in [0.29, 0.717) is 12.8 Å². The zero-order valence-corrected chi connectivity index (χ0v) is 8.37. The van der Waals surface area contributed by atoms with E-state index in [9.17, 15) is 9.59 Å². The van der Waals surface area contributed by atoms with Crippen LogP contribution in [0.4, 0.5) is 0 Å². The van der Waals surface area contributed by atoms with Crippen LogP contribution in [0.2, 0.25) is 0 Å². The number of carboxylic acids is 1. The third kappa shape index (κ3) is 0.837. The maximum atomic E-state index is 11.5. The molecule has 4 nitrogen and oxygen atoms in total. The molecule has 0 bridgehead atoms. The SMILES string of the molecule is C[C@]12CC[C@H](C(=O)O)[C@@]1(C)COC2=O. The molecule has 0 aromatic rings. The average Bonchev–Trinajstić information content (AvgIpc) is 2.47. The molecule has 0 spiro atoms. The first-order valence-electron chi connectivity index (χ1n) is 4.82. The summed E-state index contributed by atoms with van der Waals surface area (Å²) < 4.78 is 5.00. The molecule has 3 atom stereocenters. The monoisotopic (exact) mass is 198 g/mol. The Hall–Kier alpha value is -1.06. The lowest BCUT2D eigenvalue weighted by Gasteiger charge is -2.31. The summed E-state index contributed by atoms with van der Waals surface area (Å²) in [7, 11) is 0. The Morgan fingerprint density at radius 1 is 1.57 bits per heavy atom. The summed E-state index contributed by atoms with van der Waals surface area (Å²) in [5.41, 5.74) is -1.11. The summed E-state index contributed by atoms with van der Waals surface area (Å²) >= 11 is 0. The highest BCUT2D eigenvalue weighted by Crippen LogP contribution is 2.60. The van der Waals surface area contributed by atoms with Crippen molar-refractivity contribution in [2.45, 2.75) is 26.7 Å². The van der Waals surface area contributed by atoms with Crippen LogP contribution in [-0.2, 0) is 14.3 Å². The minimum absolute atomic E-state index is 0.233. The average molecular weight is 198 g/mol. The van der Waals surface area contributed by atoms with Gasteiger partial charge in [-0.15, -0.1) is 0 Å². The Morgan fingerprint density at radius 2 is 2.21 bits per heavy atom. The van der Waals surface area contributed by atoms with Crippen molar-refractivity contribution >= 4 is 11.9 Å². The molecule has 14 heavy (non-hydrogen) atoms. The third-order valence-corrected chi connectivity index (χ3v) is 4.21. The predicted octanol–water partition coefficient (Wildman–Crippen LogP) is 1.05. The van der Waals surface area contributed by atoms with Gasteiger partial charge in [0.05, 0.1) is 17.9 Å². The molecule has 1 aliphatic carbocycles. The molecule has 0 aromatic heterocycles. The molecule has 2 fully saturated rings. The van der Waals surface area contributed by atoms with E-state index >= 15 is 0 Å². The van der Waals surface area contributed by atoms with Gasteiger partial charge in [0.1, 0.15) is 0 Å². The van der Waals surface area contributed by atoms with Gasteiger partial charge in [-0.3, -0.25) is 9.59 Å². The van der Waals surface area contributed by atoms with Crippen molar-refractivity contribution in [1.29, 1.82) is 0 Å². The molecule has 0 aromatic carbocycles. The number of aliphatic carboxylic acids is 1. The second kappa shape index (κ2) is 2.49. The Bertz CT molecular complexity index is 311. The fourth-order valence-electron chi connectivity index (χ4n) is 2.79. The van der Waals surface area contributed by atoms with Crippen molar-refractivity contribution in [2.24, 2.45) is 16.7 Å². The van der Waals surface area contributed by atoms with Gasteiger partial charge in [-0.2, -0.15) is 0 Å². The molecule has 2 aliphatic rings. The van der Waals surface area contributed by atoms with E-state index in [-0.39, 0.29) is 12.6 Å². The van der Waals surface area contributed by atoms with Crippen LogP contribution in [-0.4, -0.2) is 23.7 Å². The quantitative estimate of drug-likeness (QED) is 0.639. The van der Waals surface area contributed by atoms with Crippen LogP contribution >= 0.6 is 0 Å². The van der Waals surface area contributed by atoms with Gasteiger partial charge >= 0.3 is 11.9 Å². The number of carboxylic acid groups (broad SMARTS) is 1. The van der Waals surface area contributed by atoms with Crippen LogP contribution in [0.1, 0.15) is 26.7 Å².